The lowest BCUT2D eigenvalue weighted by Gasteiger charge is -2.21. The van der Waals surface area contributed by atoms with Gasteiger partial charge in [0.15, 0.2) is 12.6 Å². The number of halogens is 1. The second-order valence-electron chi connectivity index (χ2n) is 7.45. The molecule has 1 aromatic heterocycles. The van der Waals surface area contributed by atoms with Gasteiger partial charge in [-0.15, -0.1) is 0 Å². The van der Waals surface area contributed by atoms with Crippen LogP contribution in [0.5, 0.6) is 17.2 Å². The van der Waals surface area contributed by atoms with Gasteiger partial charge in [-0.1, -0.05) is 11.6 Å². The van der Waals surface area contributed by atoms with E-state index in [0.717, 1.165) is 28.2 Å². The maximum absolute atomic E-state index is 12.8. The second-order valence-corrected chi connectivity index (χ2v) is 7.89. The van der Waals surface area contributed by atoms with Crippen LogP contribution in [0.4, 0.5) is 0 Å². The average Bonchev–Trinajstić information content (AvgIpc) is 3.29. The Kier molecular flexibility index (Phi) is 4.96. The number of hydrogen-bond acceptors (Lipinski definition) is 6. The summed E-state index contributed by atoms with van der Waals surface area (Å²) in [4.78, 5) is 12.8. The van der Waals surface area contributed by atoms with Crippen LogP contribution in [0.2, 0.25) is 5.02 Å². The fourth-order valence-electron chi connectivity index (χ4n) is 3.75. The lowest BCUT2D eigenvalue weighted by atomic mass is 10.0. The van der Waals surface area contributed by atoms with E-state index < -0.39 is 0 Å². The minimum Gasteiger partial charge on any atom is -0.489 e. The van der Waals surface area contributed by atoms with E-state index in [1.807, 2.05) is 38.1 Å². The fraction of sp³-hybridized carbons (Fsp3) is 0.208. The highest BCUT2D eigenvalue weighted by molar-refractivity contribution is 6.30. The number of furan rings is 1. The van der Waals surface area contributed by atoms with E-state index >= 15 is 0 Å². The molecule has 3 heterocycles. The van der Waals surface area contributed by atoms with Gasteiger partial charge < -0.3 is 23.4 Å². The maximum atomic E-state index is 12.8. The summed E-state index contributed by atoms with van der Waals surface area (Å²) in [6.45, 7) is 4.59. The first-order valence-electron chi connectivity index (χ1n) is 9.78. The Balaban J connectivity index is 1.39. The van der Waals surface area contributed by atoms with Gasteiger partial charge in [-0.3, -0.25) is 4.79 Å². The van der Waals surface area contributed by atoms with Crippen molar-refractivity contribution in [2.75, 3.05) is 6.79 Å². The van der Waals surface area contributed by atoms with Crippen molar-refractivity contribution < 1.29 is 28.2 Å². The molecule has 3 aromatic rings. The highest BCUT2D eigenvalue weighted by atomic mass is 35.5. The molecular formula is C24H19ClO6. The lowest BCUT2D eigenvalue weighted by Crippen LogP contribution is -2.14. The summed E-state index contributed by atoms with van der Waals surface area (Å²) in [5.41, 5.74) is 3.02. The highest BCUT2D eigenvalue weighted by Crippen LogP contribution is 2.38. The molecule has 0 spiro atoms. The topological polar surface area (TPSA) is 67.1 Å². The highest BCUT2D eigenvalue weighted by Gasteiger charge is 2.30. The van der Waals surface area contributed by atoms with Crippen molar-refractivity contribution in [1.29, 1.82) is 0 Å². The molecule has 0 unspecified atom stereocenters. The summed E-state index contributed by atoms with van der Waals surface area (Å²) >= 11 is 6.23. The fourth-order valence-corrected chi connectivity index (χ4v) is 4.01. The average molecular weight is 439 g/mol. The summed E-state index contributed by atoms with van der Waals surface area (Å²) in [5.74, 6) is 3.16. The molecule has 0 saturated heterocycles. The van der Waals surface area contributed by atoms with Gasteiger partial charge in [0.1, 0.15) is 35.4 Å². The van der Waals surface area contributed by atoms with Gasteiger partial charge in [0.25, 0.3) is 0 Å². The molecule has 0 bridgehead atoms. The van der Waals surface area contributed by atoms with E-state index in [4.69, 9.17) is 35.0 Å². The first-order valence-corrected chi connectivity index (χ1v) is 10.2. The van der Waals surface area contributed by atoms with Gasteiger partial charge in [0.05, 0.1) is 12.2 Å². The van der Waals surface area contributed by atoms with Crippen LogP contribution in [0.25, 0.3) is 6.08 Å². The van der Waals surface area contributed by atoms with Crippen LogP contribution in [-0.2, 0) is 18.0 Å². The first-order chi connectivity index (χ1) is 15.0. The number of aryl methyl sites for hydroxylation is 2. The van der Waals surface area contributed by atoms with Crippen molar-refractivity contribution >= 4 is 23.5 Å². The standard InChI is InChI=1S/C24H19ClO6/c1-13-5-19(28-11-16-7-17(25)6-15-10-27-12-29-24(15)16)9-20-22(13)23(26)21(31-20)8-18-4-3-14(2)30-18/h3-9H,10-12H2,1-2H3/b21-8-. The summed E-state index contributed by atoms with van der Waals surface area (Å²) in [7, 11) is 0. The molecule has 2 aliphatic heterocycles. The number of benzene rings is 2. The summed E-state index contributed by atoms with van der Waals surface area (Å²) in [5, 5.41) is 0.591. The Bertz CT molecular complexity index is 1220. The van der Waals surface area contributed by atoms with E-state index in [1.165, 1.54) is 0 Å². The molecule has 2 aromatic carbocycles. The lowest BCUT2D eigenvalue weighted by molar-refractivity contribution is -0.0175. The number of ketones is 1. The molecule has 0 aliphatic carbocycles. The molecule has 31 heavy (non-hydrogen) atoms. The largest absolute Gasteiger partial charge is 0.489 e. The second kappa shape index (κ2) is 7.80. The van der Waals surface area contributed by atoms with Crippen LogP contribution in [0.3, 0.4) is 0 Å². The molecule has 6 nitrogen and oxygen atoms in total. The maximum Gasteiger partial charge on any atom is 0.232 e. The van der Waals surface area contributed by atoms with Gasteiger partial charge in [-0.05, 0) is 49.7 Å². The van der Waals surface area contributed by atoms with E-state index in [1.54, 1.807) is 18.2 Å². The van der Waals surface area contributed by atoms with Crippen molar-refractivity contribution in [3.05, 3.63) is 81.0 Å². The van der Waals surface area contributed by atoms with Gasteiger partial charge >= 0.3 is 0 Å². The Morgan fingerprint density at radius 3 is 2.84 bits per heavy atom. The van der Waals surface area contributed by atoms with Crippen LogP contribution >= 0.6 is 11.6 Å². The molecular weight excluding hydrogens is 420 g/mol. The Morgan fingerprint density at radius 2 is 2.03 bits per heavy atom. The monoisotopic (exact) mass is 438 g/mol. The smallest absolute Gasteiger partial charge is 0.232 e. The van der Waals surface area contributed by atoms with Crippen LogP contribution in [0, 0.1) is 13.8 Å². The van der Waals surface area contributed by atoms with E-state index in [2.05, 4.69) is 0 Å². The van der Waals surface area contributed by atoms with Gasteiger partial charge in [0, 0.05) is 28.3 Å². The van der Waals surface area contributed by atoms with Crippen molar-refractivity contribution in [1.82, 2.24) is 0 Å². The van der Waals surface area contributed by atoms with Crippen molar-refractivity contribution in [2.45, 2.75) is 27.1 Å². The number of carbonyl (C=O) groups is 1. The van der Waals surface area contributed by atoms with E-state index in [-0.39, 0.29) is 24.9 Å². The van der Waals surface area contributed by atoms with Crippen LogP contribution in [0.15, 0.2) is 46.6 Å². The van der Waals surface area contributed by atoms with Crippen molar-refractivity contribution in [3.8, 4) is 17.2 Å². The molecule has 0 atom stereocenters. The molecule has 2 aliphatic rings. The summed E-state index contributed by atoms with van der Waals surface area (Å²) < 4.78 is 28.3. The van der Waals surface area contributed by atoms with Gasteiger partial charge in [-0.25, -0.2) is 0 Å². The molecule has 0 radical (unpaired) electrons. The predicted octanol–water partition coefficient (Wildman–Crippen LogP) is 5.61. The number of Topliss-reactive ketones (excluding diaryl/α,β-unsaturated/α-hetero) is 1. The first kappa shape index (κ1) is 19.7. The minimum absolute atomic E-state index is 0.176. The van der Waals surface area contributed by atoms with Crippen LogP contribution < -0.4 is 14.2 Å². The zero-order chi connectivity index (χ0) is 21.5. The molecule has 0 saturated carbocycles. The van der Waals surface area contributed by atoms with Gasteiger partial charge in [0.2, 0.25) is 5.78 Å². The van der Waals surface area contributed by atoms with Crippen molar-refractivity contribution in [2.24, 2.45) is 0 Å². The molecule has 158 valence electrons. The molecule has 0 fully saturated rings. The number of hydrogen-bond donors (Lipinski definition) is 0. The summed E-state index contributed by atoms with van der Waals surface area (Å²) in [6.07, 6.45) is 1.60. The Morgan fingerprint density at radius 1 is 1.16 bits per heavy atom. The predicted molar refractivity (Wildman–Crippen MR) is 114 cm³/mol. The van der Waals surface area contributed by atoms with Crippen LogP contribution in [-0.4, -0.2) is 12.6 Å². The quantitative estimate of drug-likeness (QED) is 0.493. The zero-order valence-electron chi connectivity index (χ0n) is 17.0. The van der Waals surface area contributed by atoms with Gasteiger partial charge in [-0.2, -0.15) is 0 Å². The normalized spacial score (nSPS) is 16.0. The van der Waals surface area contributed by atoms with Crippen LogP contribution in [0.1, 0.15) is 38.6 Å². The Labute approximate surface area is 183 Å². The number of carbonyl (C=O) groups excluding carboxylic acids is 1. The Hall–Kier alpha value is -3.22. The third kappa shape index (κ3) is 3.80. The molecule has 5 rings (SSSR count). The SMILES string of the molecule is Cc1ccc(/C=C2\Oc3cc(OCc4cc(Cl)cc5c4OCOC5)cc(C)c3C2=O)o1. The molecule has 0 amide bonds. The molecule has 7 heteroatoms. The third-order valence-electron chi connectivity index (χ3n) is 5.12. The molecule has 0 N–H and O–H groups in total. The number of rotatable bonds is 4. The van der Waals surface area contributed by atoms with E-state index in [9.17, 15) is 4.79 Å². The number of ether oxygens (including phenoxy) is 4. The minimum atomic E-state index is -0.176. The zero-order valence-corrected chi connectivity index (χ0v) is 17.7. The number of fused-ring (bicyclic) bond motifs is 2. The third-order valence-corrected chi connectivity index (χ3v) is 5.34. The van der Waals surface area contributed by atoms with Crippen molar-refractivity contribution in [3.63, 3.8) is 0 Å². The summed E-state index contributed by atoms with van der Waals surface area (Å²) in [6, 6.07) is 10.8. The van der Waals surface area contributed by atoms with E-state index in [0.29, 0.717) is 34.5 Å². The number of allylic oxidation sites excluding steroid dienone is 1.